The Balaban J connectivity index is 4.26. The van der Waals surface area contributed by atoms with Crippen LogP contribution < -0.4 is 5.73 Å². The molecule has 0 aliphatic heterocycles. The molecule has 0 aromatic carbocycles. The van der Waals surface area contributed by atoms with E-state index in [2.05, 4.69) is 50.3 Å². The van der Waals surface area contributed by atoms with Crippen LogP contribution in [0.15, 0.2) is 48.6 Å². The molecule has 2 unspecified atom stereocenters. The standard InChI is InChI=1S/C44H80NO8P/c1-3-5-7-9-11-13-15-17-19-21-23-25-27-29-31-33-35-37-44(47)53-42(41-52-54(48,49)51-39-38-45)40-50-43(46)36-34-32-30-28-26-24-22-20-18-16-14-12-10-8-6-4-2/h13,15,19,21,25,27,31,33,42H,3-12,14,16-18,20,22-24,26,28-30,32,34-41,45H2,1-2H3,(H,48,49)/b15-13-,21-19-,27-25-,33-31-. The Morgan fingerprint density at radius 1 is 0.556 bits per heavy atom. The lowest BCUT2D eigenvalue weighted by molar-refractivity contribution is -0.161. The van der Waals surface area contributed by atoms with Gasteiger partial charge in [-0.3, -0.25) is 18.6 Å². The van der Waals surface area contributed by atoms with Crippen LogP contribution >= 0.6 is 7.82 Å². The zero-order valence-corrected chi connectivity index (χ0v) is 35.3. The highest BCUT2D eigenvalue weighted by Gasteiger charge is 2.25. The van der Waals surface area contributed by atoms with Gasteiger partial charge in [-0.25, -0.2) is 4.57 Å². The van der Waals surface area contributed by atoms with E-state index in [-0.39, 0.29) is 32.6 Å². The molecule has 0 spiro atoms. The number of nitrogens with two attached hydrogens (primary N) is 1. The van der Waals surface area contributed by atoms with Crippen LogP contribution in [0.25, 0.3) is 0 Å². The Kier molecular flexibility index (Phi) is 39.1. The normalized spacial score (nSPS) is 13.8. The van der Waals surface area contributed by atoms with E-state index in [0.29, 0.717) is 6.42 Å². The second kappa shape index (κ2) is 40.6. The summed E-state index contributed by atoms with van der Waals surface area (Å²) in [7, 11) is -4.39. The Labute approximate surface area is 330 Å². The van der Waals surface area contributed by atoms with Crippen molar-refractivity contribution in [3.8, 4) is 0 Å². The highest BCUT2D eigenvalue weighted by atomic mass is 31.2. The SMILES string of the molecule is CCCCCC/C=C\C/C=C\C/C=C\C/C=C\CCC(=O)OC(COC(=O)CCCCCCCCCCCCCCCCCC)COP(=O)(O)OCCN. The Morgan fingerprint density at radius 2 is 1.00 bits per heavy atom. The third-order valence-electron chi connectivity index (χ3n) is 8.98. The van der Waals surface area contributed by atoms with E-state index in [1.807, 2.05) is 12.2 Å². The minimum absolute atomic E-state index is 0.0425. The van der Waals surface area contributed by atoms with Crippen LogP contribution in [0.3, 0.4) is 0 Å². The van der Waals surface area contributed by atoms with Gasteiger partial charge in [0.2, 0.25) is 0 Å². The van der Waals surface area contributed by atoms with Crippen LogP contribution in [-0.2, 0) is 32.7 Å². The lowest BCUT2D eigenvalue weighted by atomic mass is 10.0. The fraction of sp³-hybridized carbons (Fsp3) is 0.773. The maximum absolute atomic E-state index is 12.5. The molecule has 54 heavy (non-hydrogen) atoms. The van der Waals surface area contributed by atoms with Gasteiger partial charge in [-0.2, -0.15) is 0 Å². The van der Waals surface area contributed by atoms with Crippen molar-refractivity contribution in [3.63, 3.8) is 0 Å². The molecule has 0 aromatic heterocycles. The number of hydrogen-bond acceptors (Lipinski definition) is 8. The Hall–Kier alpha value is -2.03. The number of phosphoric ester groups is 1. The number of esters is 2. The van der Waals surface area contributed by atoms with Gasteiger partial charge in [0.05, 0.1) is 13.2 Å². The lowest BCUT2D eigenvalue weighted by Crippen LogP contribution is -2.29. The maximum Gasteiger partial charge on any atom is 0.472 e. The van der Waals surface area contributed by atoms with E-state index < -0.39 is 32.5 Å². The molecule has 9 nitrogen and oxygen atoms in total. The van der Waals surface area contributed by atoms with E-state index in [1.54, 1.807) is 0 Å². The number of hydrogen-bond donors (Lipinski definition) is 2. The fourth-order valence-corrected chi connectivity index (χ4v) is 6.52. The number of rotatable bonds is 40. The van der Waals surface area contributed by atoms with Gasteiger partial charge in [0, 0.05) is 19.4 Å². The van der Waals surface area contributed by atoms with Gasteiger partial charge in [0.15, 0.2) is 6.10 Å². The van der Waals surface area contributed by atoms with E-state index >= 15 is 0 Å². The zero-order chi connectivity index (χ0) is 39.6. The van der Waals surface area contributed by atoms with Crippen molar-refractivity contribution < 1.29 is 37.6 Å². The molecule has 0 heterocycles. The topological polar surface area (TPSA) is 134 Å². The lowest BCUT2D eigenvalue weighted by Gasteiger charge is -2.19. The molecule has 2 atom stereocenters. The third kappa shape index (κ3) is 39.7. The van der Waals surface area contributed by atoms with Crippen molar-refractivity contribution in [1.82, 2.24) is 0 Å². The largest absolute Gasteiger partial charge is 0.472 e. The van der Waals surface area contributed by atoms with Crippen molar-refractivity contribution in [2.45, 2.75) is 193 Å². The summed E-state index contributed by atoms with van der Waals surface area (Å²) in [6.45, 7) is 3.64. The van der Waals surface area contributed by atoms with Gasteiger partial charge in [0.25, 0.3) is 0 Å². The summed E-state index contributed by atoms with van der Waals surface area (Å²) in [4.78, 5) is 34.8. The van der Waals surface area contributed by atoms with Crippen LogP contribution in [0.2, 0.25) is 0 Å². The second-order valence-corrected chi connectivity index (χ2v) is 15.7. The maximum atomic E-state index is 12.5. The molecule has 0 radical (unpaired) electrons. The highest BCUT2D eigenvalue weighted by Crippen LogP contribution is 2.43. The first kappa shape index (κ1) is 52.0. The van der Waals surface area contributed by atoms with Gasteiger partial charge >= 0.3 is 19.8 Å². The van der Waals surface area contributed by atoms with Gasteiger partial charge < -0.3 is 20.1 Å². The number of carbonyl (C=O) groups excluding carboxylic acids is 2. The molecule has 0 amide bonds. The minimum atomic E-state index is -4.39. The molecule has 0 fully saturated rings. The van der Waals surface area contributed by atoms with Crippen LogP contribution in [0, 0.1) is 0 Å². The molecule has 0 aliphatic carbocycles. The molecule has 0 rings (SSSR count). The molecule has 10 heteroatoms. The molecule has 0 saturated carbocycles. The monoisotopic (exact) mass is 782 g/mol. The number of ether oxygens (including phenoxy) is 2. The molecule has 314 valence electrons. The number of allylic oxidation sites excluding steroid dienone is 8. The zero-order valence-electron chi connectivity index (χ0n) is 34.4. The second-order valence-electron chi connectivity index (χ2n) is 14.2. The van der Waals surface area contributed by atoms with Crippen LogP contribution in [0.1, 0.15) is 187 Å². The highest BCUT2D eigenvalue weighted by molar-refractivity contribution is 7.47. The van der Waals surface area contributed by atoms with Gasteiger partial charge in [-0.15, -0.1) is 0 Å². The number of unbranched alkanes of at least 4 members (excludes halogenated alkanes) is 19. The predicted molar refractivity (Wildman–Crippen MR) is 224 cm³/mol. The third-order valence-corrected chi connectivity index (χ3v) is 9.97. The Morgan fingerprint density at radius 3 is 1.50 bits per heavy atom. The van der Waals surface area contributed by atoms with E-state index in [1.165, 1.54) is 116 Å². The fourth-order valence-electron chi connectivity index (χ4n) is 5.76. The van der Waals surface area contributed by atoms with Crippen molar-refractivity contribution in [2.24, 2.45) is 5.73 Å². The van der Waals surface area contributed by atoms with Gasteiger partial charge in [0.1, 0.15) is 6.61 Å². The van der Waals surface area contributed by atoms with Crippen LogP contribution in [0.5, 0.6) is 0 Å². The van der Waals surface area contributed by atoms with Gasteiger partial charge in [-0.1, -0.05) is 178 Å². The van der Waals surface area contributed by atoms with Crippen molar-refractivity contribution >= 4 is 19.8 Å². The molecule has 0 bridgehead atoms. The summed E-state index contributed by atoms with van der Waals surface area (Å²) in [5.41, 5.74) is 5.34. The average molecular weight is 782 g/mol. The summed E-state index contributed by atoms with van der Waals surface area (Å²) in [5.74, 6) is -0.919. The van der Waals surface area contributed by atoms with Crippen molar-refractivity contribution in [2.75, 3.05) is 26.4 Å². The first-order valence-electron chi connectivity index (χ1n) is 21.6. The first-order valence-corrected chi connectivity index (χ1v) is 23.1. The summed E-state index contributed by atoms with van der Waals surface area (Å²) >= 11 is 0. The summed E-state index contributed by atoms with van der Waals surface area (Å²) < 4.78 is 32.7. The molecule has 3 N–H and O–H groups in total. The van der Waals surface area contributed by atoms with Crippen molar-refractivity contribution in [3.05, 3.63) is 48.6 Å². The average Bonchev–Trinajstić information content (AvgIpc) is 3.16. The summed E-state index contributed by atoms with van der Waals surface area (Å²) in [6, 6.07) is 0. The van der Waals surface area contributed by atoms with E-state index in [9.17, 15) is 19.0 Å². The Bertz CT molecular complexity index is 1030. The quantitative estimate of drug-likeness (QED) is 0.0269. The number of carbonyl (C=O) groups is 2. The van der Waals surface area contributed by atoms with Crippen molar-refractivity contribution in [1.29, 1.82) is 0 Å². The van der Waals surface area contributed by atoms with Crippen LogP contribution in [-0.4, -0.2) is 49.3 Å². The summed E-state index contributed by atoms with van der Waals surface area (Å²) in [5, 5.41) is 0. The molecule has 0 aromatic rings. The molecule has 0 aliphatic rings. The summed E-state index contributed by atoms with van der Waals surface area (Å²) in [6.07, 6.45) is 45.8. The molecular weight excluding hydrogens is 701 g/mol. The predicted octanol–water partition coefficient (Wildman–Crippen LogP) is 12.3. The van der Waals surface area contributed by atoms with E-state index in [0.717, 1.165) is 38.5 Å². The van der Waals surface area contributed by atoms with E-state index in [4.69, 9.17) is 24.3 Å². The minimum Gasteiger partial charge on any atom is -0.462 e. The molecular formula is C44H80NO8P. The smallest absolute Gasteiger partial charge is 0.462 e. The van der Waals surface area contributed by atoms with Gasteiger partial charge in [-0.05, 0) is 44.9 Å². The van der Waals surface area contributed by atoms with Crippen LogP contribution in [0.4, 0.5) is 0 Å². The number of phosphoric acid groups is 1. The molecule has 0 saturated heterocycles. The first-order chi connectivity index (χ1) is 26.3.